The number of rotatable bonds is 3. The van der Waals surface area contributed by atoms with Gasteiger partial charge in [-0.2, -0.15) is 0 Å². The Kier molecular flexibility index (Phi) is 4.97. The van der Waals surface area contributed by atoms with Crippen LogP contribution in [0.15, 0.2) is 42.7 Å². The lowest BCUT2D eigenvalue weighted by atomic mass is 9.90. The molecule has 1 N–H and O–H groups in total. The number of aromatic nitrogens is 3. The van der Waals surface area contributed by atoms with Crippen LogP contribution in [0, 0.1) is 6.92 Å². The van der Waals surface area contributed by atoms with E-state index in [1.54, 1.807) is 0 Å². The van der Waals surface area contributed by atoms with Gasteiger partial charge >= 0.3 is 0 Å². The van der Waals surface area contributed by atoms with Crippen LogP contribution in [-0.4, -0.2) is 52.5 Å². The first-order valence-electron chi connectivity index (χ1n) is 10.8. The number of likely N-dealkylation sites (tertiary alicyclic amines) is 1. The molecule has 2 fully saturated rings. The van der Waals surface area contributed by atoms with Gasteiger partial charge in [0.1, 0.15) is 17.2 Å². The van der Waals surface area contributed by atoms with E-state index in [4.69, 9.17) is 9.97 Å². The molecule has 6 nitrogen and oxygen atoms in total. The van der Waals surface area contributed by atoms with Crippen LogP contribution in [0.5, 0.6) is 0 Å². The van der Waals surface area contributed by atoms with Crippen molar-refractivity contribution in [3.63, 3.8) is 0 Å². The van der Waals surface area contributed by atoms with Gasteiger partial charge in [0.15, 0.2) is 0 Å². The van der Waals surface area contributed by atoms with Gasteiger partial charge in [0.05, 0.1) is 17.8 Å². The molecule has 2 aliphatic rings. The second-order valence-electron chi connectivity index (χ2n) is 8.32. The summed E-state index contributed by atoms with van der Waals surface area (Å²) in [6.07, 6.45) is 7.58. The highest BCUT2D eigenvalue weighted by Gasteiger charge is 2.35. The largest absolute Gasteiger partial charge is 0.354 e. The summed E-state index contributed by atoms with van der Waals surface area (Å²) in [6, 6.07) is 11.2. The third-order valence-corrected chi connectivity index (χ3v) is 6.57. The average Bonchev–Trinajstić information content (AvgIpc) is 3.14. The topological polar surface area (TPSA) is 48.7 Å². The minimum atomic E-state index is 0.306. The van der Waals surface area contributed by atoms with Gasteiger partial charge in [-0.15, -0.1) is 0 Å². The van der Waals surface area contributed by atoms with Crippen molar-refractivity contribution in [3.05, 3.63) is 59.7 Å². The van der Waals surface area contributed by atoms with E-state index in [-0.39, 0.29) is 0 Å². The molecule has 2 saturated heterocycles. The second kappa shape index (κ2) is 7.76. The van der Waals surface area contributed by atoms with Gasteiger partial charge in [-0.1, -0.05) is 12.1 Å². The number of fused-ring (bicyclic) bond motifs is 1. The summed E-state index contributed by atoms with van der Waals surface area (Å²) in [5.74, 6) is 1.28. The highest BCUT2D eigenvalue weighted by molar-refractivity contribution is 5.58. The van der Waals surface area contributed by atoms with Crippen LogP contribution in [0.3, 0.4) is 0 Å². The van der Waals surface area contributed by atoms with E-state index in [0.717, 1.165) is 44.7 Å². The number of pyridine rings is 2. The van der Waals surface area contributed by atoms with E-state index in [1.165, 1.54) is 29.2 Å². The quantitative estimate of drug-likeness (QED) is 0.743. The van der Waals surface area contributed by atoms with Gasteiger partial charge < -0.3 is 10.2 Å². The molecule has 0 unspecified atom stereocenters. The summed E-state index contributed by atoms with van der Waals surface area (Å²) in [4.78, 5) is 14.9. The van der Waals surface area contributed by atoms with Gasteiger partial charge in [-0.05, 0) is 57.0 Å². The molecule has 2 aliphatic heterocycles. The van der Waals surface area contributed by atoms with Crippen molar-refractivity contribution < 1.29 is 0 Å². The molecule has 6 heteroatoms. The minimum absolute atomic E-state index is 0.306. The molecule has 5 rings (SSSR count). The predicted molar refractivity (Wildman–Crippen MR) is 116 cm³/mol. The van der Waals surface area contributed by atoms with E-state index in [9.17, 15) is 0 Å². The Bertz CT molecular complexity index is 990. The van der Waals surface area contributed by atoms with Crippen molar-refractivity contribution in [2.24, 2.45) is 0 Å². The van der Waals surface area contributed by atoms with Gasteiger partial charge in [0.25, 0.3) is 0 Å². The zero-order valence-corrected chi connectivity index (χ0v) is 17.4. The molecular formula is C23H30N6. The highest BCUT2D eigenvalue weighted by atomic mass is 15.3. The summed E-state index contributed by atoms with van der Waals surface area (Å²) < 4.78 is 2.28. The first-order chi connectivity index (χ1) is 14.2. The molecule has 0 bridgehead atoms. The van der Waals surface area contributed by atoms with E-state index in [0.29, 0.717) is 12.1 Å². The fourth-order valence-electron chi connectivity index (χ4n) is 5.05. The first kappa shape index (κ1) is 18.6. The molecule has 5 heterocycles. The van der Waals surface area contributed by atoms with Gasteiger partial charge in [0.2, 0.25) is 0 Å². The Labute approximate surface area is 172 Å². The molecule has 29 heavy (non-hydrogen) atoms. The zero-order valence-electron chi connectivity index (χ0n) is 17.4. The molecule has 3 aromatic heterocycles. The summed E-state index contributed by atoms with van der Waals surface area (Å²) in [7, 11) is 2.26. The van der Waals surface area contributed by atoms with E-state index in [1.807, 2.05) is 12.3 Å². The number of hydrogen-bond acceptors (Lipinski definition) is 5. The normalized spacial score (nSPS) is 23.6. The number of imidazole rings is 1. The maximum Gasteiger partial charge on any atom is 0.138 e. The van der Waals surface area contributed by atoms with Crippen LogP contribution in [0.1, 0.15) is 48.3 Å². The SMILES string of the molecule is Cc1cccnc1[C@@H]1CCC[C@H](c2nc3ccccn3c2N2CCNCC2)N1C. The highest BCUT2D eigenvalue weighted by Crippen LogP contribution is 2.43. The third kappa shape index (κ3) is 3.30. The average molecular weight is 391 g/mol. The smallest absolute Gasteiger partial charge is 0.138 e. The number of nitrogens with one attached hydrogen (secondary N) is 1. The predicted octanol–water partition coefficient (Wildman–Crippen LogP) is 3.35. The maximum absolute atomic E-state index is 5.15. The molecule has 152 valence electrons. The zero-order chi connectivity index (χ0) is 19.8. The first-order valence-corrected chi connectivity index (χ1v) is 10.8. The maximum atomic E-state index is 5.15. The molecule has 0 spiro atoms. The molecular weight excluding hydrogens is 360 g/mol. The molecule has 0 aromatic carbocycles. The second-order valence-corrected chi connectivity index (χ2v) is 8.32. The van der Waals surface area contributed by atoms with E-state index in [2.05, 4.69) is 64.0 Å². The van der Waals surface area contributed by atoms with Crippen LogP contribution in [0.25, 0.3) is 5.65 Å². The number of anilines is 1. The van der Waals surface area contributed by atoms with Crippen molar-refractivity contribution in [1.29, 1.82) is 0 Å². The summed E-state index contributed by atoms with van der Waals surface area (Å²) >= 11 is 0. The van der Waals surface area contributed by atoms with Crippen molar-refractivity contribution in [3.8, 4) is 0 Å². The Balaban J connectivity index is 1.57. The number of hydrogen-bond donors (Lipinski definition) is 1. The Morgan fingerprint density at radius 1 is 1.00 bits per heavy atom. The number of piperidine rings is 1. The molecule has 0 amide bonds. The minimum Gasteiger partial charge on any atom is -0.354 e. The number of nitrogens with zero attached hydrogens (tertiary/aromatic N) is 5. The Morgan fingerprint density at radius 2 is 1.79 bits per heavy atom. The van der Waals surface area contributed by atoms with Gasteiger partial charge in [-0.25, -0.2) is 4.98 Å². The lowest BCUT2D eigenvalue weighted by Crippen LogP contribution is -2.45. The lowest BCUT2D eigenvalue weighted by Gasteiger charge is -2.40. The lowest BCUT2D eigenvalue weighted by molar-refractivity contribution is 0.109. The number of aryl methyl sites for hydroxylation is 1. The van der Waals surface area contributed by atoms with Crippen LogP contribution >= 0.6 is 0 Å². The number of piperazine rings is 1. The molecule has 3 aromatic rings. The van der Waals surface area contributed by atoms with Crippen molar-refractivity contribution >= 4 is 11.5 Å². The van der Waals surface area contributed by atoms with Crippen LogP contribution in [-0.2, 0) is 0 Å². The Morgan fingerprint density at radius 3 is 2.59 bits per heavy atom. The van der Waals surface area contributed by atoms with E-state index < -0.39 is 0 Å². The summed E-state index contributed by atoms with van der Waals surface area (Å²) in [5.41, 5.74) is 4.76. The molecule has 0 aliphatic carbocycles. The fourth-order valence-corrected chi connectivity index (χ4v) is 5.05. The molecule has 2 atom stereocenters. The van der Waals surface area contributed by atoms with Crippen molar-refractivity contribution in [2.45, 2.75) is 38.3 Å². The third-order valence-electron chi connectivity index (χ3n) is 6.57. The van der Waals surface area contributed by atoms with Crippen molar-refractivity contribution in [2.75, 3.05) is 38.1 Å². The van der Waals surface area contributed by atoms with Crippen LogP contribution in [0.4, 0.5) is 5.82 Å². The van der Waals surface area contributed by atoms with Crippen LogP contribution in [0.2, 0.25) is 0 Å². The summed E-state index contributed by atoms with van der Waals surface area (Å²) in [6.45, 7) is 6.27. The molecule has 0 radical (unpaired) electrons. The van der Waals surface area contributed by atoms with Gasteiger partial charge in [-0.3, -0.25) is 14.3 Å². The van der Waals surface area contributed by atoms with E-state index >= 15 is 0 Å². The van der Waals surface area contributed by atoms with Gasteiger partial charge in [0, 0.05) is 38.6 Å². The molecule has 0 saturated carbocycles. The van der Waals surface area contributed by atoms with Crippen LogP contribution < -0.4 is 10.2 Å². The standard InChI is InChI=1S/C23H30N6/c1-17-7-6-11-25-21(17)18-8-5-9-19(27(18)2)22-23(28-15-12-24-13-16-28)29-14-4-3-10-20(29)26-22/h3-4,6-7,10-11,14,18-19,24H,5,8-9,12-13,15-16H2,1-2H3/t18-,19+/m0/s1. The monoisotopic (exact) mass is 390 g/mol. The van der Waals surface area contributed by atoms with Crippen molar-refractivity contribution in [1.82, 2.24) is 24.6 Å². The summed E-state index contributed by atoms with van der Waals surface area (Å²) in [5, 5.41) is 3.48. The Hall–Kier alpha value is -2.44. The fraction of sp³-hybridized carbons (Fsp3) is 0.478.